The number of non-ortho nitro benzene ring substituents is 1. The summed E-state index contributed by atoms with van der Waals surface area (Å²) in [6.07, 6.45) is 1.63. The molecule has 1 aliphatic heterocycles. The lowest BCUT2D eigenvalue weighted by molar-refractivity contribution is -0.384. The van der Waals surface area contributed by atoms with Gasteiger partial charge in [-0.2, -0.15) is 0 Å². The lowest BCUT2D eigenvalue weighted by atomic mass is 10.2. The molecule has 1 heterocycles. The summed E-state index contributed by atoms with van der Waals surface area (Å²) in [6.45, 7) is 0.229. The third kappa shape index (κ3) is 4.95. The van der Waals surface area contributed by atoms with Crippen LogP contribution in [-0.4, -0.2) is 16.8 Å². The second kappa shape index (κ2) is 9.46. The minimum Gasteiger partial charge on any atom is -0.487 e. The first kappa shape index (κ1) is 21.9. The van der Waals surface area contributed by atoms with Gasteiger partial charge in [-0.3, -0.25) is 10.1 Å². The van der Waals surface area contributed by atoms with Crippen LogP contribution in [0.25, 0.3) is 6.08 Å². The zero-order valence-electron chi connectivity index (χ0n) is 16.3. The summed E-state index contributed by atoms with van der Waals surface area (Å²) in [7, 11) is 0. The Bertz CT molecular complexity index is 1230. The van der Waals surface area contributed by atoms with E-state index in [-0.39, 0.29) is 23.9 Å². The summed E-state index contributed by atoms with van der Waals surface area (Å²) in [4.78, 5) is 26.9. The van der Waals surface area contributed by atoms with E-state index in [1.807, 2.05) is 30.3 Å². The number of nitro groups is 1. The van der Waals surface area contributed by atoms with Gasteiger partial charge in [-0.15, -0.1) is 0 Å². The maximum absolute atomic E-state index is 12.2. The van der Waals surface area contributed by atoms with Gasteiger partial charge < -0.3 is 9.47 Å². The predicted molar refractivity (Wildman–Crippen MR) is 126 cm³/mol. The van der Waals surface area contributed by atoms with E-state index in [2.05, 4.69) is 36.9 Å². The van der Waals surface area contributed by atoms with E-state index in [9.17, 15) is 14.9 Å². The molecule has 1 aliphatic rings. The minimum atomic E-state index is -0.519. The standard InChI is InChI=1S/C23H14Br2N2O5/c24-18-10-15(12-20-23(28)32-22(26-20)16-4-2-1-3-5-16)11-19(25)21(18)31-13-14-6-8-17(9-7-14)27(29)30/h1-12H,13H2/b20-12-. The third-order valence-corrected chi connectivity index (χ3v) is 5.67. The highest BCUT2D eigenvalue weighted by Gasteiger charge is 2.24. The van der Waals surface area contributed by atoms with Crippen LogP contribution in [0.4, 0.5) is 5.69 Å². The van der Waals surface area contributed by atoms with E-state index in [0.29, 0.717) is 14.7 Å². The van der Waals surface area contributed by atoms with Crippen LogP contribution in [0.2, 0.25) is 0 Å². The average Bonchev–Trinajstić information content (AvgIpc) is 3.14. The fraction of sp³-hybridized carbons (Fsp3) is 0.0435. The first-order chi connectivity index (χ1) is 15.4. The van der Waals surface area contributed by atoms with Crippen molar-refractivity contribution in [2.45, 2.75) is 6.61 Å². The van der Waals surface area contributed by atoms with E-state index in [0.717, 1.165) is 16.7 Å². The summed E-state index contributed by atoms with van der Waals surface area (Å²) in [5, 5.41) is 10.8. The number of hydrogen-bond donors (Lipinski definition) is 0. The van der Waals surface area contributed by atoms with Gasteiger partial charge in [0.2, 0.25) is 5.90 Å². The Hall–Kier alpha value is -3.30. The molecule has 0 amide bonds. The molecule has 0 unspecified atom stereocenters. The molecule has 0 aliphatic carbocycles. The monoisotopic (exact) mass is 556 g/mol. The first-order valence-electron chi connectivity index (χ1n) is 9.34. The Morgan fingerprint density at radius 3 is 2.31 bits per heavy atom. The maximum Gasteiger partial charge on any atom is 0.363 e. The molecule has 0 N–H and O–H groups in total. The van der Waals surface area contributed by atoms with E-state index in [1.54, 1.807) is 30.3 Å². The molecule has 3 aromatic rings. The van der Waals surface area contributed by atoms with Gasteiger partial charge in [0, 0.05) is 17.7 Å². The largest absolute Gasteiger partial charge is 0.487 e. The third-order valence-electron chi connectivity index (χ3n) is 4.50. The smallest absolute Gasteiger partial charge is 0.363 e. The Morgan fingerprint density at radius 2 is 1.69 bits per heavy atom. The maximum atomic E-state index is 12.2. The Kier molecular flexibility index (Phi) is 6.48. The van der Waals surface area contributed by atoms with Crippen molar-refractivity contribution in [2.75, 3.05) is 0 Å². The van der Waals surface area contributed by atoms with Crippen molar-refractivity contribution in [3.05, 3.63) is 108 Å². The minimum absolute atomic E-state index is 0.0250. The zero-order valence-corrected chi connectivity index (χ0v) is 19.5. The second-order valence-electron chi connectivity index (χ2n) is 6.73. The summed E-state index contributed by atoms with van der Waals surface area (Å²) >= 11 is 6.98. The van der Waals surface area contributed by atoms with Gasteiger partial charge in [-0.05, 0) is 85.5 Å². The number of nitro benzene ring substituents is 1. The number of cyclic esters (lactones) is 1. The number of aliphatic imine (C=N–C) groups is 1. The molecule has 32 heavy (non-hydrogen) atoms. The highest BCUT2D eigenvalue weighted by atomic mass is 79.9. The number of rotatable bonds is 6. The topological polar surface area (TPSA) is 91.0 Å². The Morgan fingerprint density at radius 1 is 1.03 bits per heavy atom. The van der Waals surface area contributed by atoms with Crippen molar-refractivity contribution in [2.24, 2.45) is 4.99 Å². The number of carbonyl (C=O) groups excluding carboxylic acids is 1. The van der Waals surface area contributed by atoms with Crippen molar-refractivity contribution in [1.82, 2.24) is 0 Å². The molecule has 160 valence electrons. The molecule has 4 rings (SSSR count). The van der Waals surface area contributed by atoms with Crippen LogP contribution in [0.3, 0.4) is 0 Å². The molecule has 0 fully saturated rings. The number of halogens is 2. The Balaban J connectivity index is 1.52. The number of hydrogen-bond acceptors (Lipinski definition) is 6. The number of benzene rings is 3. The molecule has 3 aromatic carbocycles. The zero-order chi connectivity index (χ0) is 22.7. The van der Waals surface area contributed by atoms with E-state index in [1.165, 1.54) is 12.1 Å². The van der Waals surface area contributed by atoms with Crippen molar-refractivity contribution < 1.29 is 19.2 Å². The van der Waals surface area contributed by atoms with Crippen LogP contribution < -0.4 is 4.74 Å². The van der Waals surface area contributed by atoms with Crippen LogP contribution in [0.15, 0.2) is 86.4 Å². The van der Waals surface area contributed by atoms with Crippen molar-refractivity contribution in [1.29, 1.82) is 0 Å². The fourth-order valence-corrected chi connectivity index (χ4v) is 4.39. The van der Waals surface area contributed by atoms with Crippen molar-refractivity contribution in [3.8, 4) is 5.75 Å². The van der Waals surface area contributed by atoms with Crippen LogP contribution in [0, 0.1) is 10.1 Å². The summed E-state index contributed by atoms with van der Waals surface area (Å²) in [5.41, 5.74) is 2.45. The van der Waals surface area contributed by atoms with Gasteiger partial charge in [-0.1, -0.05) is 18.2 Å². The molecule has 0 saturated carbocycles. The van der Waals surface area contributed by atoms with E-state index >= 15 is 0 Å². The highest BCUT2D eigenvalue weighted by Crippen LogP contribution is 2.36. The predicted octanol–water partition coefficient (Wildman–Crippen LogP) is 6.04. The molecular formula is C23H14Br2N2O5. The van der Waals surface area contributed by atoms with Gasteiger partial charge in [0.05, 0.1) is 13.9 Å². The quantitative estimate of drug-likeness (QED) is 0.159. The average molecular weight is 558 g/mol. The summed E-state index contributed by atoms with van der Waals surface area (Å²) in [6, 6.07) is 19.0. The van der Waals surface area contributed by atoms with Crippen molar-refractivity contribution in [3.63, 3.8) is 0 Å². The Labute approximate surface area is 199 Å². The van der Waals surface area contributed by atoms with Gasteiger partial charge in [0.25, 0.3) is 5.69 Å². The highest BCUT2D eigenvalue weighted by molar-refractivity contribution is 9.11. The van der Waals surface area contributed by atoms with Crippen LogP contribution >= 0.6 is 31.9 Å². The van der Waals surface area contributed by atoms with Gasteiger partial charge in [-0.25, -0.2) is 9.79 Å². The molecule has 7 nitrogen and oxygen atoms in total. The molecule has 0 saturated heterocycles. The van der Waals surface area contributed by atoms with Crippen LogP contribution in [0.5, 0.6) is 5.75 Å². The van der Waals surface area contributed by atoms with Gasteiger partial charge >= 0.3 is 5.97 Å². The number of nitrogens with zero attached hydrogens (tertiary/aromatic N) is 2. The summed E-state index contributed by atoms with van der Waals surface area (Å²) in [5.74, 6) is 0.311. The molecule has 0 aromatic heterocycles. The lowest BCUT2D eigenvalue weighted by Gasteiger charge is -2.11. The fourth-order valence-electron chi connectivity index (χ4n) is 2.94. The van der Waals surface area contributed by atoms with Gasteiger partial charge in [0.15, 0.2) is 5.70 Å². The van der Waals surface area contributed by atoms with E-state index in [4.69, 9.17) is 9.47 Å². The lowest BCUT2D eigenvalue weighted by Crippen LogP contribution is -2.04. The molecule has 9 heteroatoms. The number of ether oxygens (including phenoxy) is 2. The molecule has 0 spiro atoms. The van der Waals surface area contributed by atoms with Crippen LogP contribution in [0.1, 0.15) is 16.7 Å². The molecular weight excluding hydrogens is 544 g/mol. The molecule has 0 bridgehead atoms. The van der Waals surface area contributed by atoms with Crippen molar-refractivity contribution >= 4 is 55.5 Å². The number of carbonyl (C=O) groups is 1. The molecule has 0 radical (unpaired) electrons. The normalized spacial score (nSPS) is 14.2. The SMILES string of the molecule is O=C1OC(c2ccccc2)=N/C1=C\c1cc(Br)c(OCc2ccc([N+](=O)[O-])cc2)c(Br)c1. The van der Waals surface area contributed by atoms with E-state index < -0.39 is 10.9 Å². The molecule has 0 atom stereocenters. The van der Waals surface area contributed by atoms with Gasteiger partial charge in [0.1, 0.15) is 12.4 Å². The second-order valence-corrected chi connectivity index (χ2v) is 8.44. The first-order valence-corrected chi connectivity index (χ1v) is 10.9. The number of esters is 1. The summed E-state index contributed by atoms with van der Waals surface area (Å²) < 4.78 is 12.5. The van der Waals surface area contributed by atoms with Crippen LogP contribution in [-0.2, 0) is 16.1 Å².